The van der Waals surface area contributed by atoms with Crippen LogP contribution in [0.3, 0.4) is 0 Å². The monoisotopic (exact) mass is 244 g/mol. The Morgan fingerprint density at radius 1 is 1.47 bits per heavy atom. The van der Waals surface area contributed by atoms with Crippen LogP contribution in [0.1, 0.15) is 6.42 Å². The Morgan fingerprint density at radius 2 is 2.12 bits per heavy atom. The van der Waals surface area contributed by atoms with Crippen molar-refractivity contribution < 1.29 is 29.0 Å². The summed E-state index contributed by atoms with van der Waals surface area (Å²) in [6, 6.07) is -0.848. The average Bonchev–Trinajstić information content (AvgIpc) is 2.23. The molecule has 1 atom stereocenters. The lowest BCUT2D eigenvalue weighted by molar-refractivity contribution is -0.150. The van der Waals surface area contributed by atoms with Gasteiger partial charge >= 0.3 is 12.0 Å². The molecule has 0 aromatic rings. The van der Waals surface area contributed by atoms with Gasteiger partial charge in [0.2, 0.25) is 11.8 Å². The molecule has 2 N–H and O–H groups in total. The van der Waals surface area contributed by atoms with Crippen LogP contribution in [0.5, 0.6) is 0 Å². The van der Waals surface area contributed by atoms with E-state index in [1.807, 2.05) is 5.32 Å². The molecule has 1 aliphatic heterocycles. The minimum atomic E-state index is -1.36. The molecule has 1 rings (SSSR count). The summed E-state index contributed by atoms with van der Waals surface area (Å²) in [5, 5.41) is 10.5. The minimum absolute atomic E-state index is 0.0232. The fraction of sp³-hybridized carbons (Fsp3) is 0.556. The number of hydrogen-bond donors (Lipinski definition) is 2. The van der Waals surface area contributed by atoms with Crippen molar-refractivity contribution in [1.82, 2.24) is 10.2 Å². The van der Waals surface area contributed by atoms with Gasteiger partial charge in [0.1, 0.15) is 5.92 Å². The van der Waals surface area contributed by atoms with Crippen LogP contribution in [0, 0.1) is 5.92 Å². The lowest BCUT2D eigenvalue weighted by Gasteiger charge is -2.29. The summed E-state index contributed by atoms with van der Waals surface area (Å²) < 4.78 is 4.71. The molecule has 8 heteroatoms. The molecule has 1 aliphatic rings. The highest BCUT2D eigenvalue weighted by molar-refractivity contribution is 6.17. The van der Waals surface area contributed by atoms with Crippen molar-refractivity contribution in [3.63, 3.8) is 0 Å². The third kappa shape index (κ3) is 3.00. The quantitative estimate of drug-likeness (QED) is 0.587. The number of aliphatic carboxylic acids is 1. The zero-order valence-corrected chi connectivity index (χ0v) is 9.13. The Hall–Kier alpha value is -1.96. The Kier molecular flexibility index (Phi) is 4.16. The van der Waals surface area contributed by atoms with Crippen molar-refractivity contribution in [2.45, 2.75) is 6.42 Å². The highest BCUT2D eigenvalue weighted by atomic mass is 16.5. The van der Waals surface area contributed by atoms with Crippen LogP contribution in [-0.2, 0) is 19.1 Å². The first kappa shape index (κ1) is 13.1. The number of carboxylic acids is 1. The van der Waals surface area contributed by atoms with Gasteiger partial charge in [0, 0.05) is 7.11 Å². The SMILES string of the molecule is COCCN1C(=O)NC(=O)C(CC(=O)O)C1=O. The minimum Gasteiger partial charge on any atom is -0.481 e. The largest absolute Gasteiger partial charge is 0.481 e. The van der Waals surface area contributed by atoms with Crippen molar-refractivity contribution in [3.8, 4) is 0 Å². The first-order valence-electron chi connectivity index (χ1n) is 4.84. The van der Waals surface area contributed by atoms with E-state index in [9.17, 15) is 19.2 Å². The number of rotatable bonds is 5. The zero-order valence-electron chi connectivity index (χ0n) is 9.13. The maximum atomic E-state index is 11.7. The first-order valence-corrected chi connectivity index (χ1v) is 4.84. The average molecular weight is 244 g/mol. The van der Waals surface area contributed by atoms with E-state index in [0.717, 1.165) is 4.90 Å². The normalized spacial score (nSPS) is 20.4. The van der Waals surface area contributed by atoms with Crippen LogP contribution < -0.4 is 5.32 Å². The second kappa shape index (κ2) is 5.39. The molecule has 17 heavy (non-hydrogen) atoms. The number of imide groups is 2. The lowest BCUT2D eigenvalue weighted by Crippen LogP contribution is -2.58. The molecule has 0 aliphatic carbocycles. The fourth-order valence-electron chi connectivity index (χ4n) is 1.41. The van der Waals surface area contributed by atoms with Gasteiger partial charge in [-0.15, -0.1) is 0 Å². The predicted octanol–water partition coefficient (Wildman–Crippen LogP) is -1.20. The number of nitrogens with one attached hydrogen (secondary N) is 1. The van der Waals surface area contributed by atoms with Crippen LogP contribution in [0.15, 0.2) is 0 Å². The van der Waals surface area contributed by atoms with E-state index in [0.29, 0.717) is 0 Å². The molecular weight excluding hydrogens is 232 g/mol. The Balaban J connectivity index is 2.79. The van der Waals surface area contributed by atoms with Gasteiger partial charge in [-0.1, -0.05) is 0 Å². The van der Waals surface area contributed by atoms with Gasteiger partial charge in [-0.25, -0.2) is 4.79 Å². The third-order valence-electron chi connectivity index (χ3n) is 2.25. The Morgan fingerprint density at radius 3 is 2.65 bits per heavy atom. The Labute approximate surface area is 96.5 Å². The number of carboxylic acid groups (broad SMARTS) is 1. The van der Waals surface area contributed by atoms with Crippen LogP contribution in [0.25, 0.3) is 0 Å². The van der Waals surface area contributed by atoms with Crippen molar-refractivity contribution in [2.75, 3.05) is 20.3 Å². The maximum absolute atomic E-state index is 11.7. The van der Waals surface area contributed by atoms with E-state index >= 15 is 0 Å². The summed E-state index contributed by atoms with van der Waals surface area (Å²) in [5.41, 5.74) is 0. The van der Waals surface area contributed by atoms with Crippen LogP contribution in [-0.4, -0.2) is 54.1 Å². The number of nitrogens with zero attached hydrogens (tertiary/aromatic N) is 1. The Bertz CT molecular complexity index is 366. The maximum Gasteiger partial charge on any atom is 0.330 e. The molecule has 0 aromatic heterocycles. The number of carbonyl (C=O) groups is 4. The van der Waals surface area contributed by atoms with Gasteiger partial charge in [-0.3, -0.25) is 24.6 Å². The summed E-state index contributed by atoms with van der Waals surface area (Å²) in [6.45, 7) is 0.0949. The van der Waals surface area contributed by atoms with Gasteiger partial charge in [0.05, 0.1) is 19.6 Å². The number of carbonyl (C=O) groups excluding carboxylic acids is 3. The molecule has 1 heterocycles. The molecule has 0 bridgehead atoms. The molecule has 0 saturated carbocycles. The molecule has 1 saturated heterocycles. The summed E-state index contributed by atoms with van der Waals surface area (Å²) in [7, 11) is 1.40. The van der Waals surface area contributed by atoms with Gasteiger partial charge in [-0.2, -0.15) is 0 Å². The van der Waals surface area contributed by atoms with Crippen LogP contribution >= 0.6 is 0 Å². The second-order valence-corrected chi connectivity index (χ2v) is 3.43. The number of hydrogen-bond acceptors (Lipinski definition) is 5. The molecule has 1 fully saturated rings. The van der Waals surface area contributed by atoms with Crippen molar-refractivity contribution in [1.29, 1.82) is 0 Å². The number of urea groups is 1. The van der Waals surface area contributed by atoms with Gasteiger partial charge < -0.3 is 9.84 Å². The molecule has 0 radical (unpaired) electrons. The highest BCUT2D eigenvalue weighted by Crippen LogP contribution is 2.14. The van der Waals surface area contributed by atoms with Crippen LogP contribution in [0.2, 0.25) is 0 Å². The lowest BCUT2D eigenvalue weighted by atomic mass is 10.0. The summed E-state index contributed by atoms with van der Waals surface area (Å²) in [4.78, 5) is 45.6. The van der Waals surface area contributed by atoms with Gasteiger partial charge in [0.25, 0.3) is 0 Å². The van der Waals surface area contributed by atoms with E-state index in [4.69, 9.17) is 9.84 Å². The van der Waals surface area contributed by atoms with E-state index < -0.39 is 36.2 Å². The zero-order chi connectivity index (χ0) is 13.0. The van der Waals surface area contributed by atoms with E-state index in [2.05, 4.69) is 0 Å². The second-order valence-electron chi connectivity index (χ2n) is 3.43. The molecule has 0 aromatic carbocycles. The fourth-order valence-corrected chi connectivity index (χ4v) is 1.41. The molecule has 1 unspecified atom stereocenters. The van der Waals surface area contributed by atoms with Gasteiger partial charge in [-0.05, 0) is 0 Å². The third-order valence-corrected chi connectivity index (χ3v) is 2.25. The van der Waals surface area contributed by atoms with Crippen LogP contribution in [0.4, 0.5) is 4.79 Å². The summed E-state index contributed by atoms with van der Waals surface area (Å²) in [5.74, 6) is -4.32. The first-order chi connectivity index (χ1) is 7.97. The number of methoxy groups -OCH3 is 1. The number of ether oxygens (including phenoxy) is 1. The topological polar surface area (TPSA) is 113 Å². The molecule has 8 nitrogen and oxygen atoms in total. The smallest absolute Gasteiger partial charge is 0.330 e. The number of amides is 4. The van der Waals surface area contributed by atoms with Crippen molar-refractivity contribution >= 4 is 23.8 Å². The number of barbiturate groups is 1. The molecule has 0 spiro atoms. The molecule has 94 valence electrons. The van der Waals surface area contributed by atoms with E-state index in [1.165, 1.54) is 7.11 Å². The van der Waals surface area contributed by atoms with E-state index in [1.54, 1.807) is 0 Å². The standard InChI is InChI=1S/C9H12N2O6/c1-17-3-2-11-8(15)5(4-6(12)13)7(14)10-9(11)16/h5H,2-4H2,1H3,(H,12,13)(H,10,14,16). The summed E-state index contributed by atoms with van der Waals surface area (Å²) >= 11 is 0. The van der Waals surface area contributed by atoms with Crippen molar-refractivity contribution in [2.24, 2.45) is 5.92 Å². The molecular formula is C9H12N2O6. The summed E-state index contributed by atoms with van der Waals surface area (Å²) in [6.07, 6.45) is -0.637. The predicted molar refractivity (Wildman–Crippen MR) is 52.9 cm³/mol. The van der Waals surface area contributed by atoms with E-state index in [-0.39, 0.29) is 13.2 Å². The van der Waals surface area contributed by atoms with Crippen molar-refractivity contribution in [3.05, 3.63) is 0 Å². The molecule has 4 amide bonds. The highest BCUT2D eigenvalue weighted by Gasteiger charge is 2.41. The van der Waals surface area contributed by atoms with Gasteiger partial charge in [0.15, 0.2) is 0 Å².